The number of amides is 1. The van der Waals surface area contributed by atoms with Crippen LogP contribution >= 0.6 is 0 Å². The van der Waals surface area contributed by atoms with Crippen molar-refractivity contribution in [3.63, 3.8) is 0 Å². The van der Waals surface area contributed by atoms with E-state index in [1.807, 2.05) is 59.2 Å². The number of carbonyl (C=O) groups is 2. The van der Waals surface area contributed by atoms with Crippen LogP contribution in [-0.4, -0.2) is 49.4 Å². The fourth-order valence-electron chi connectivity index (χ4n) is 5.10. The topological polar surface area (TPSA) is 92.1 Å². The van der Waals surface area contributed by atoms with Gasteiger partial charge in [0.25, 0.3) is 0 Å². The molecule has 2 heterocycles. The van der Waals surface area contributed by atoms with Crippen LogP contribution in [0.5, 0.6) is 17.2 Å². The highest BCUT2D eigenvalue weighted by Crippen LogP contribution is 2.49. The molecule has 1 amide bonds. The third kappa shape index (κ3) is 4.09. The van der Waals surface area contributed by atoms with Crippen molar-refractivity contribution in [2.75, 3.05) is 32.8 Å². The second-order valence-corrected chi connectivity index (χ2v) is 8.78. The minimum absolute atomic E-state index is 0.134. The molecule has 1 aliphatic rings. The Balaban J connectivity index is 1.81. The van der Waals surface area contributed by atoms with Gasteiger partial charge in [0.15, 0.2) is 17.4 Å². The first-order chi connectivity index (χ1) is 18.5. The summed E-state index contributed by atoms with van der Waals surface area (Å²) in [6.45, 7) is 2.10. The van der Waals surface area contributed by atoms with E-state index < -0.39 is 23.8 Å². The van der Waals surface area contributed by atoms with Crippen molar-refractivity contribution < 1.29 is 28.5 Å². The number of rotatable bonds is 8. The van der Waals surface area contributed by atoms with Crippen LogP contribution in [0.3, 0.4) is 0 Å². The zero-order chi connectivity index (χ0) is 26.8. The van der Waals surface area contributed by atoms with Gasteiger partial charge in [-0.15, -0.1) is 0 Å². The molecule has 2 unspecified atom stereocenters. The van der Waals surface area contributed by atoms with Crippen LogP contribution in [0.15, 0.2) is 66.7 Å². The Bertz CT molecular complexity index is 1480. The summed E-state index contributed by atoms with van der Waals surface area (Å²) in [7, 11) is 4.56. The van der Waals surface area contributed by atoms with Gasteiger partial charge in [0.1, 0.15) is 0 Å². The number of para-hydroxylation sites is 2. The van der Waals surface area contributed by atoms with Crippen LogP contribution in [0.4, 0.5) is 5.95 Å². The van der Waals surface area contributed by atoms with Crippen molar-refractivity contribution in [3.8, 4) is 17.2 Å². The summed E-state index contributed by atoms with van der Waals surface area (Å²) in [5.41, 5.74) is 2.94. The molecule has 1 aromatic heterocycles. The monoisotopic (exact) mass is 515 g/mol. The number of ether oxygens (including phenoxy) is 4. The SMILES string of the molecule is CCOC(=O)C1C(=O)N(Cc2ccccc2)c2nc3ccccc3n2C1c1ccc(OC)c(OC)c1OC. The van der Waals surface area contributed by atoms with E-state index >= 15 is 0 Å². The number of aromatic nitrogens is 2. The molecule has 4 aromatic rings. The normalized spacial score (nSPS) is 16.7. The highest BCUT2D eigenvalue weighted by molar-refractivity contribution is 6.08. The number of fused-ring (bicyclic) bond motifs is 3. The number of imidazole rings is 1. The van der Waals surface area contributed by atoms with Gasteiger partial charge in [0.2, 0.25) is 17.6 Å². The van der Waals surface area contributed by atoms with E-state index in [1.165, 1.54) is 21.3 Å². The van der Waals surface area contributed by atoms with Crippen LogP contribution < -0.4 is 19.1 Å². The van der Waals surface area contributed by atoms with Gasteiger partial charge in [-0.2, -0.15) is 0 Å². The molecule has 2 atom stereocenters. The maximum absolute atomic E-state index is 14.2. The molecule has 0 fully saturated rings. The summed E-state index contributed by atoms with van der Waals surface area (Å²) < 4.78 is 24.3. The van der Waals surface area contributed by atoms with Crippen LogP contribution in [0.1, 0.15) is 24.1 Å². The molecule has 9 nitrogen and oxygen atoms in total. The van der Waals surface area contributed by atoms with E-state index in [1.54, 1.807) is 24.0 Å². The largest absolute Gasteiger partial charge is 0.493 e. The third-order valence-electron chi connectivity index (χ3n) is 6.72. The lowest BCUT2D eigenvalue weighted by Crippen LogP contribution is -2.49. The maximum Gasteiger partial charge on any atom is 0.321 e. The number of carbonyl (C=O) groups excluding carboxylic acids is 2. The minimum atomic E-state index is -1.20. The quantitative estimate of drug-likeness (QED) is 0.254. The fraction of sp³-hybridized carbons (Fsp3) is 0.276. The standard InChI is InChI=1S/C29H29N3O6/c1-5-38-28(34)23-24(19-15-16-22(35-2)26(37-4)25(19)36-3)32-21-14-10-9-13-20(21)30-29(32)31(27(23)33)17-18-11-7-6-8-12-18/h6-16,23-24H,5,17H2,1-4H3. The molecule has 1 aliphatic heterocycles. The van der Waals surface area contributed by atoms with Gasteiger partial charge in [-0.05, 0) is 36.8 Å². The van der Waals surface area contributed by atoms with Gasteiger partial charge in [0, 0.05) is 5.56 Å². The average Bonchev–Trinajstić information content (AvgIpc) is 3.33. The van der Waals surface area contributed by atoms with Crippen molar-refractivity contribution in [1.29, 1.82) is 0 Å². The summed E-state index contributed by atoms with van der Waals surface area (Å²) >= 11 is 0. The first-order valence-electron chi connectivity index (χ1n) is 12.3. The Kier molecular flexibility index (Phi) is 6.91. The molecule has 3 aromatic carbocycles. The number of esters is 1. The van der Waals surface area contributed by atoms with Crippen molar-refractivity contribution in [2.45, 2.75) is 19.5 Å². The lowest BCUT2D eigenvalue weighted by atomic mass is 9.88. The highest BCUT2D eigenvalue weighted by Gasteiger charge is 2.49. The molecule has 0 aliphatic carbocycles. The molecule has 196 valence electrons. The van der Waals surface area contributed by atoms with E-state index in [-0.39, 0.29) is 13.2 Å². The van der Waals surface area contributed by atoms with Crippen LogP contribution in [0.2, 0.25) is 0 Å². The summed E-state index contributed by atoms with van der Waals surface area (Å²) in [4.78, 5) is 34.2. The molecular weight excluding hydrogens is 486 g/mol. The molecule has 0 saturated heterocycles. The number of anilines is 1. The number of benzene rings is 3. The molecule has 0 radical (unpaired) electrons. The number of methoxy groups -OCH3 is 3. The van der Waals surface area contributed by atoms with Gasteiger partial charge in [-0.25, -0.2) is 4.98 Å². The molecular formula is C29H29N3O6. The number of hydrogen-bond acceptors (Lipinski definition) is 7. The number of nitrogens with zero attached hydrogens (tertiary/aromatic N) is 3. The van der Waals surface area contributed by atoms with Crippen LogP contribution in [0.25, 0.3) is 11.0 Å². The zero-order valence-electron chi connectivity index (χ0n) is 21.7. The summed E-state index contributed by atoms with van der Waals surface area (Å²) in [5, 5.41) is 0. The van der Waals surface area contributed by atoms with Gasteiger partial charge in [-0.3, -0.25) is 14.5 Å². The first-order valence-corrected chi connectivity index (χ1v) is 12.3. The van der Waals surface area contributed by atoms with Crippen molar-refractivity contribution in [2.24, 2.45) is 5.92 Å². The van der Waals surface area contributed by atoms with Gasteiger partial charge >= 0.3 is 5.97 Å². The van der Waals surface area contributed by atoms with Crippen molar-refractivity contribution in [3.05, 3.63) is 77.9 Å². The smallest absolute Gasteiger partial charge is 0.321 e. The lowest BCUT2D eigenvalue weighted by Gasteiger charge is -2.38. The van der Waals surface area contributed by atoms with Crippen LogP contribution in [-0.2, 0) is 20.9 Å². The Morgan fingerprint density at radius 2 is 1.61 bits per heavy atom. The Hall–Kier alpha value is -4.53. The molecule has 0 spiro atoms. The number of hydrogen-bond donors (Lipinski definition) is 0. The lowest BCUT2D eigenvalue weighted by molar-refractivity contribution is -0.153. The second kappa shape index (κ2) is 10.5. The Labute approximate surface area is 220 Å². The average molecular weight is 516 g/mol. The highest BCUT2D eigenvalue weighted by atomic mass is 16.5. The van der Waals surface area contributed by atoms with Crippen LogP contribution in [0, 0.1) is 5.92 Å². The molecule has 9 heteroatoms. The molecule has 38 heavy (non-hydrogen) atoms. The van der Waals surface area contributed by atoms with E-state index in [9.17, 15) is 9.59 Å². The van der Waals surface area contributed by atoms with Gasteiger partial charge < -0.3 is 23.5 Å². The fourth-order valence-corrected chi connectivity index (χ4v) is 5.10. The van der Waals surface area contributed by atoms with E-state index in [0.29, 0.717) is 34.3 Å². The molecule has 0 saturated carbocycles. The third-order valence-corrected chi connectivity index (χ3v) is 6.72. The predicted molar refractivity (Wildman–Crippen MR) is 142 cm³/mol. The summed E-state index contributed by atoms with van der Waals surface area (Å²) in [6.07, 6.45) is 0. The predicted octanol–water partition coefficient (Wildman–Crippen LogP) is 4.38. The minimum Gasteiger partial charge on any atom is -0.493 e. The zero-order valence-corrected chi connectivity index (χ0v) is 21.7. The molecule has 0 bridgehead atoms. The summed E-state index contributed by atoms with van der Waals surface area (Å²) in [5.74, 6) is -0.611. The van der Waals surface area contributed by atoms with Gasteiger partial charge in [0.05, 0.1) is 51.6 Å². The Morgan fingerprint density at radius 1 is 0.895 bits per heavy atom. The maximum atomic E-state index is 14.2. The van der Waals surface area contributed by atoms with E-state index in [0.717, 1.165) is 11.1 Å². The Morgan fingerprint density at radius 3 is 2.29 bits per heavy atom. The molecule has 0 N–H and O–H groups in total. The molecule has 5 rings (SSSR count). The van der Waals surface area contributed by atoms with E-state index in [4.69, 9.17) is 23.9 Å². The van der Waals surface area contributed by atoms with Crippen molar-refractivity contribution in [1.82, 2.24) is 9.55 Å². The van der Waals surface area contributed by atoms with Crippen molar-refractivity contribution >= 4 is 28.9 Å². The summed E-state index contributed by atoms with van der Waals surface area (Å²) in [6, 6.07) is 19.9. The van der Waals surface area contributed by atoms with E-state index in [2.05, 4.69) is 0 Å². The second-order valence-electron chi connectivity index (χ2n) is 8.78. The van der Waals surface area contributed by atoms with Gasteiger partial charge in [-0.1, -0.05) is 42.5 Å². The first kappa shape index (κ1) is 25.1.